The van der Waals surface area contributed by atoms with E-state index in [1.54, 1.807) is 0 Å². The second kappa shape index (κ2) is 17.8. The average molecular weight is 326 g/mol. The van der Waals surface area contributed by atoms with Crippen LogP contribution in [0.25, 0.3) is 0 Å². The van der Waals surface area contributed by atoms with Gasteiger partial charge < -0.3 is 5.32 Å². The van der Waals surface area contributed by atoms with Crippen LogP contribution in [0.15, 0.2) is 0 Å². The molecule has 23 heavy (non-hydrogen) atoms. The Labute approximate surface area is 146 Å². The van der Waals surface area contributed by atoms with E-state index in [2.05, 4.69) is 26.1 Å². The first-order valence-corrected chi connectivity index (χ1v) is 10.5. The summed E-state index contributed by atoms with van der Waals surface area (Å²) in [6, 6.07) is 0.349. The minimum Gasteiger partial charge on any atom is -0.354 e. The Morgan fingerprint density at radius 2 is 1.13 bits per heavy atom. The van der Waals surface area contributed by atoms with Gasteiger partial charge >= 0.3 is 0 Å². The van der Waals surface area contributed by atoms with Crippen molar-refractivity contribution in [2.75, 3.05) is 0 Å². The zero-order valence-electron chi connectivity index (χ0n) is 16.3. The number of carbonyl (C=O) groups excluding carboxylic acids is 1. The van der Waals surface area contributed by atoms with E-state index in [0.717, 1.165) is 19.3 Å². The van der Waals surface area contributed by atoms with E-state index in [4.69, 9.17) is 0 Å². The van der Waals surface area contributed by atoms with Crippen molar-refractivity contribution in [1.82, 2.24) is 5.32 Å². The third kappa shape index (κ3) is 17.7. The molecule has 0 fully saturated rings. The van der Waals surface area contributed by atoms with Crippen LogP contribution in [0, 0.1) is 0 Å². The molecule has 1 unspecified atom stereocenters. The van der Waals surface area contributed by atoms with Gasteiger partial charge in [-0.3, -0.25) is 4.79 Å². The summed E-state index contributed by atoms with van der Waals surface area (Å²) in [7, 11) is 0. The number of carbonyl (C=O) groups is 1. The van der Waals surface area contributed by atoms with Crippen molar-refractivity contribution in [3.63, 3.8) is 0 Å². The lowest BCUT2D eigenvalue weighted by Crippen LogP contribution is -2.32. The fourth-order valence-corrected chi connectivity index (χ4v) is 3.07. The van der Waals surface area contributed by atoms with Gasteiger partial charge in [-0.2, -0.15) is 0 Å². The zero-order valence-corrected chi connectivity index (χ0v) is 16.3. The molecule has 0 aromatic rings. The molecule has 2 heteroatoms. The molecule has 1 amide bonds. The molecule has 0 aliphatic heterocycles. The molecule has 1 N–H and O–H groups in total. The molecule has 0 saturated heterocycles. The molecule has 1 atom stereocenters. The Bertz CT molecular complexity index is 252. The molecular formula is C21H43NO. The monoisotopic (exact) mass is 325 g/mol. The van der Waals surface area contributed by atoms with Crippen LogP contribution in [0.4, 0.5) is 0 Å². The maximum Gasteiger partial charge on any atom is 0.220 e. The molecule has 0 aromatic heterocycles. The first kappa shape index (κ1) is 22.5. The normalized spacial score (nSPS) is 12.3. The lowest BCUT2D eigenvalue weighted by molar-refractivity contribution is -0.121. The second-order valence-electron chi connectivity index (χ2n) is 7.25. The molecule has 0 heterocycles. The summed E-state index contributed by atoms with van der Waals surface area (Å²) in [5, 5.41) is 3.14. The van der Waals surface area contributed by atoms with E-state index in [9.17, 15) is 4.79 Å². The number of nitrogens with one attached hydrogen (secondary N) is 1. The van der Waals surface area contributed by atoms with E-state index >= 15 is 0 Å². The Kier molecular flexibility index (Phi) is 17.4. The van der Waals surface area contributed by atoms with E-state index in [-0.39, 0.29) is 5.91 Å². The van der Waals surface area contributed by atoms with Gasteiger partial charge in [0.05, 0.1) is 0 Å². The van der Waals surface area contributed by atoms with Crippen molar-refractivity contribution < 1.29 is 4.79 Å². The highest BCUT2D eigenvalue weighted by Crippen LogP contribution is 2.12. The average Bonchev–Trinajstić information content (AvgIpc) is 2.52. The summed E-state index contributed by atoms with van der Waals surface area (Å²) < 4.78 is 0. The lowest BCUT2D eigenvalue weighted by Gasteiger charge is -2.13. The first-order chi connectivity index (χ1) is 11.2. The third-order valence-electron chi connectivity index (χ3n) is 4.66. The maximum absolute atomic E-state index is 11.8. The molecule has 0 spiro atoms. The van der Waals surface area contributed by atoms with Gasteiger partial charge in [0.1, 0.15) is 0 Å². The fraction of sp³-hybridized carbons (Fsp3) is 0.952. The smallest absolute Gasteiger partial charge is 0.220 e. The summed E-state index contributed by atoms with van der Waals surface area (Å²) in [4.78, 5) is 11.8. The van der Waals surface area contributed by atoms with Crippen molar-refractivity contribution in [3.8, 4) is 0 Å². The molecular weight excluding hydrogens is 282 g/mol. The van der Waals surface area contributed by atoms with Crippen LogP contribution >= 0.6 is 0 Å². The van der Waals surface area contributed by atoms with Gasteiger partial charge in [-0.1, -0.05) is 97.3 Å². The van der Waals surface area contributed by atoms with Gasteiger partial charge in [0.15, 0.2) is 0 Å². The van der Waals surface area contributed by atoms with Crippen LogP contribution in [0.2, 0.25) is 0 Å². The number of amides is 1. The summed E-state index contributed by atoms with van der Waals surface area (Å²) >= 11 is 0. The number of unbranched alkanes of at least 4 members (excludes halogenated alkanes) is 12. The Morgan fingerprint density at radius 3 is 1.65 bits per heavy atom. The maximum atomic E-state index is 11.8. The van der Waals surface area contributed by atoms with Crippen molar-refractivity contribution in [2.45, 2.75) is 130 Å². The minimum absolute atomic E-state index is 0.255. The quantitative estimate of drug-likeness (QED) is 0.294. The Hall–Kier alpha value is -0.530. The van der Waals surface area contributed by atoms with E-state index in [1.807, 2.05) is 0 Å². The largest absolute Gasteiger partial charge is 0.354 e. The SMILES string of the molecule is CCCCCCCCCCCCCC(=O)NC(C)CCCCC. The summed E-state index contributed by atoms with van der Waals surface area (Å²) in [5.41, 5.74) is 0. The molecule has 2 nitrogen and oxygen atoms in total. The number of rotatable bonds is 17. The molecule has 138 valence electrons. The van der Waals surface area contributed by atoms with Gasteiger partial charge in [-0.15, -0.1) is 0 Å². The van der Waals surface area contributed by atoms with Gasteiger partial charge in [0.2, 0.25) is 5.91 Å². The number of hydrogen-bond acceptors (Lipinski definition) is 1. The molecule has 0 bridgehead atoms. The van der Waals surface area contributed by atoms with Gasteiger partial charge in [-0.25, -0.2) is 0 Å². The van der Waals surface area contributed by atoms with Crippen LogP contribution in [-0.4, -0.2) is 11.9 Å². The predicted molar refractivity (Wildman–Crippen MR) is 103 cm³/mol. The topological polar surface area (TPSA) is 29.1 Å². The zero-order chi connectivity index (χ0) is 17.2. The van der Waals surface area contributed by atoms with Gasteiger partial charge in [0.25, 0.3) is 0 Å². The first-order valence-electron chi connectivity index (χ1n) is 10.5. The summed E-state index contributed by atoms with van der Waals surface area (Å²) in [6.07, 6.45) is 20.3. The summed E-state index contributed by atoms with van der Waals surface area (Å²) in [6.45, 7) is 6.62. The van der Waals surface area contributed by atoms with E-state index in [1.165, 1.54) is 83.5 Å². The number of hydrogen-bond donors (Lipinski definition) is 1. The second-order valence-corrected chi connectivity index (χ2v) is 7.25. The molecule has 0 aromatic carbocycles. The molecule has 0 rings (SSSR count). The third-order valence-corrected chi connectivity index (χ3v) is 4.66. The Balaban J connectivity index is 3.26. The predicted octanol–water partition coefficient (Wildman–Crippen LogP) is 6.77. The van der Waals surface area contributed by atoms with Gasteiger partial charge in [-0.05, 0) is 19.8 Å². The summed E-state index contributed by atoms with van der Waals surface area (Å²) in [5.74, 6) is 0.255. The van der Waals surface area contributed by atoms with Crippen LogP contribution in [0.1, 0.15) is 124 Å². The lowest BCUT2D eigenvalue weighted by atomic mass is 10.0. The van der Waals surface area contributed by atoms with E-state index in [0.29, 0.717) is 6.04 Å². The van der Waals surface area contributed by atoms with Crippen molar-refractivity contribution in [2.24, 2.45) is 0 Å². The highest BCUT2D eigenvalue weighted by Gasteiger charge is 2.06. The van der Waals surface area contributed by atoms with Crippen LogP contribution in [-0.2, 0) is 4.79 Å². The van der Waals surface area contributed by atoms with Crippen molar-refractivity contribution in [1.29, 1.82) is 0 Å². The highest BCUT2D eigenvalue weighted by molar-refractivity contribution is 5.76. The van der Waals surface area contributed by atoms with Crippen molar-refractivity contribution in [3.05, 3.63) is 0 Å². The molecule has 0 saturated carbocycles. The Morgan fingerprint density at radius 1 is 0.696 bits per heavy atom. The molecule has 0 radical (unpaired) electrons. The van der Waals surface area contributed by atoms with Gasteiger partial charge in [0, 0.05) is 12.5 Å². The minimum atomic E-state index is 0.255. The standard InChI is InChI=1S/C21H43NO/c1-4-6-8-9-10-11-12-13-14-15-17-19-21(23)22-20(3)18-16-7-5-2/h20H,4-19H2,1-3H3,(H,22,23). The van der Waals surface area contributed by atoms with Crippen molar-refractivity contribution >= 4 is 5.91 Å². The van der Waals surface area contributed by atoms with E-state index < -0.39 is 0 Å². The molecule has 0 aliphatic rings. The van der Waals surface area contributed by atoms with Crippen LogP contribution in [0.5, 0.6) is 0 Å². The highest BCUT2D eigenvalue weighted by atomic mass is 16.1. The van der Waals surface area contributed by atoms with Crippen LogP contribution < -0.4 is 5.32 Å². The fourth-order valence-electron chi connectivity index (χ4n) is 3.07. The van der Waals surface area contributed by atoms with Crippen LogP contribution in [0.3, 0.4) is 0 Å². The molecule has 0 aliphatic carbocycles.